The fraction of sp³-hybridized carbons (Fsp3) is 0.500. The van der Waals surface area contributed by atoms with Crippen LogP contribution in [0.4, 0.5) is 11.8 Å². The molecule has 0 aliphatic heterocycles. The lowest BCUT2D eigenvalue weighted by Crippen LogP contribution is -2.18. The molecule has 1 aliphatic carbocycles. The van der Waals surface area contributed by atoms with Crippen molar-refractivity contribution in [2.75, 3.05) is 10.6 Å². The molecule has 120 valence electrons. The van der Waals surface area contributed by atoms with Crippen LogP contribution in [0.1, 0.15) is 38.8 Å². The Kier molecular flexibility index (Phi) is 4.26. The van der Waals surface area contributed by atoms with E-state index in [0.717, 1.165) is 18.2 Å². The maximum absolute atomic E-state index is 9.62. The van der Waals surface area contributed by atoms with Gasteiger partial charge in [0.25, 0.3) is 0 Å². The predicted molar refractivity (Wildman–Crippen MR) is 88.1 cm³/mol. The van der Waals surface area contributed by atoms with Crippen LogP contribution in [0.15, 0.2) is 12.3 Å². The molecule has 0 amide bonds. The molecule has 7 heteroatoms. The molecule has 3 rings (SSSR count). The lowest BCUT2D eigenvalue weighted by Gasteiger charge is -2.14. The quantitative estimate of drug-likeness (QED) is 0.793. The minimum atomic E-state index is -0.244. The van der Waals surface area contributed by atoms with Crippen molar-refractivity contribution in [3.8, 4) is 6.07 Å². The van der Waals surface area contributed by atoms with Crippen LogP contribution in [-0.4, -0.2) is 38.2 Å². The van der Waals surface area contributed by atoms with Crippen molar-refractivity contribution >= 4 is 22.7 Å². The molecule has 1 saturated carbocycles. The number of hydrogen-bond acceptors (Lipinski definition) is 7. The number of hydrogen-bond donors (Lipinski definition) is 3. The van der Waals surface area contributed by atoms with Crippen LogP contribution in [0.25, 0.3) is 10.9 Å². The van der Waals surface area contributed by atoms with Gasteiger partial charge in [0.1, 0.15) is 17.3 Å². The van der Waals surface area contributed by atoms with Crippen LogP contribution in [0.3, 0.4) is 0 Å². The zero-order chi connectivity index (χ0) is 16.4. The Morgan fingerprint density at radius 3 is 2.83 bits per heavy atom. The highest BCUT2D eigenvalue weighted by Crippen LogP contribution is 2.25. The summed E-state index contributed by atoms with van der Waals surface area (Å²) < 4.78 is 0. The van der Waals surface area contributed by atoms with E-state index >= 15 is 0 Å². The Hall–Kier alpha value is -2.46. The smallest absolute Gasteiger partial charge is 0.223 e. The van der Waals surface area contributed by atoms with Gasteiger partial charge in [0.15, 0.2) is 5.82 Å². The number of pyridine rings is 1. The summed E-state index contributed by atoms with van der Waals surface area (Å²) >= 11 is 0. The molecule has 2 heterocycles. The van der Waals surface area contributed by atoms with E-state index < -0.39 is 0 Å². The summed E-state index contributed by atoms with van der Waals surface area (Å²) in [4.78, 5) is 13.2. The second kappa shape index (κ2) is 6.34. The number of nitriles is 1. The summed E-state index contributed by atoms with van der Waals surface area (Å²) in [6.07, 6.45) is 3.88. The highest BCUT2D eigenvalue weighted by Gasteiger charge is 2.23. The standard InChI is InChI=1S/C16H20N6O/c1-9(2)19-15-14-10(5-12(7-17)20-15)8-18-16(22-14)21-11-3-4-13(23)6-11/h5,8-9,11,13,23H,3-4,6H2,1-2H3,(H,19,20)(H,18,21,22)/t11?,13-/m0/s1. The van der Waals surface area contributed by atoms with Gasteiger partial charge in [0.05, 0.1) is 6.10 Å². The fourth-order valence-corrected chi connectivity index (χ4v) is 2.81. The van der Waals surface area contributed by atoms with Crippen molar-refractivity contribution in [1.29, 1.82) is 5.26 Å². The number of aliphatic hydroxyl groups is 1. The average molecular weight is 312 g/mol. The van der Waals surface area contributed by atoms with Crippen molar-refractivity contribution in [3.63, 3.8) is 0 Å². The molecule has 0 radical (unpaired) electrons. The van der Waals surface area contributed by atoms with Crippen molar-refractivity contribution in [2.24, 2.45) is 0 Å². The van der Waals surface area contributed by atoms with Crippen molar-refractivity contribution in [2.45, 2.75) is 51.3 Å². The van der Waals surface area contributed by atoms with Gasteiger partial charge in [0.2, 0.25) is 5.95 Å². The zero-order valence-electron chi connectivity index (χ0n) is 13.2. The van der Waals surface area contributed by atoms with Gasteiger partial charge in [-0.3, -0.25) is 0 Å². The third kappa shape index (κ3) is 3.48. The van der Waals surface area contributed by atoms with Crippen LogP contribution in [0.5, 0.6) is 0 Å². The van der Waals surface area contributed by atoms with Gasteiger partial charge in [-0.25, -0.2) is 15.0 Å². The maximum atomic E-state index is 9.62. The summed E-state index contributed by atoms with van der Waals surface area (Å²) in [7, 11) is 0. The Labute approximate surface area is 134 Å². The first-order chi connectivity index (χ1) is 11.0. The largest absolute Gasteiger partial charge is 0.393 e. The molecule has 7 nitrogen and oxygen atoms in total. The minimum absolute atomic E-state index is 0.177. The first kappa shape index (κ1) is 15.4. The number of rotatable bonds is 4. The summed E-state index contributed by atoms with van der Waals surface area (Å²) in [5.74, 6) is 1.11. The molecule has 0 saturated heterocycles. The van der Waals surface area contributed by atoms with Gasteiger partial charge < -0.3 is 15.7 Å². The zero-order valence-corrected chi connectivity index (χ0v) is 13.2. The molecule has 0 bridgehead atoms. The highest BCUT2D eigenvalue weighted by molar-refractivity contribution is 5.89. The van der Waals surface area contributed by atoms with E-state index in [1.54, 1.807) is 12.3 Å². The van der Waals surface area contributed by atoms with Crippen LogP contribution in [-0.2, 0) is 0 Å². The number of fused-ring (bicyclic) bond motifs is 1. The third-order valence-corrected chi connectivity index (χ3v) is 3.84. The van der Waals surface area contributed by atoms with E-state index in [2.05, 4.69) is 31.7 Å². The van der Waals surface area contributed by atoms with E-state index in [1.807, 2.05) is 13.8 Å². The number of nitrogens with one attached hydrogen (secondary N) is 2. The van der Waals surface area contributed by atoms with Crippen molar-refractivity contribution < 1.29 is 5.11 Å². The molecule has 1 aliphatic rings. The number of anilines is 2. The van der Waals surface area contributed by atoms with E-state index in [0.29, 0.717) is 29.4 Å². The van der Waals surface area contributed by atoms with Crippen LogP contribution in [0, 0.1) is 11.3 Å². The highest BCUT2D eigenvalue weighted by atomic mass is 16.3. The monoisotopic (exact) mass is 312 g/mol. The van der Waals surface area contributed by atoms with Gasteiger partial charge in [-0.1, -0.05) is 0 Å². The molecular weight excluding hydrogens is 292 g/mol. The molecule has 2 atom stereocenters. The normalized spacial score (nSPS) is 20.7. The van der Waals surface area contributed by atoms with Gasteiger partial charge in [-0.05, 0) is 39.2 Å². The fourth-order valence-electron chi connectivity index (χ4n) is 2.81. The molecule has 3 N–H and O–H groups in total. The van der Waals surface area contributed by atoms with Crippen LogP contribution in [0.2, 0.25) is 0 Å². The number of aliphatic hydroxyl groups excluding tert-OH is 1. The van der Waals surface area contributed by atoms with E-state index in [1.165, 1.54) is 0 Å². The molecule has 1 unspecified atom stereocenters. The first-order valence-corrected chi connectivity index (χ1v) is 7.84. The third-order valence-electron chi connectivity index (χ3n) is 3.84. The summed E-state index contributed by atoms with van der Waals surface area (Å²) in [5, 5.41) is 26.0. The topological polar surface area (TPSA) is 107 Å². The second-order valence-corrected chi connectivity index (χ2v) is 6.21. The van der Waals surface area contributed by atoms with Crippen molar-refractivity contribution in [3.05, 3.63) is 18.0 Å². The van der Waals surface area contributed by atoms with Gasteiger partial charge in [0, 0.05) is 23.7 Å². The van der Waals surface area contributed by atoms with E-state index in [4.69, 9.17) is 5.26 Å². The Morgan fingerprint density at radius 2 is 2.17 bits per heavy atom. The minimum Gasteiger partial charge on any atom is -0.393 e. The molecule has 2 aromatic rings. The molecular formula is C16H20N6O. The molecule has 0 aromatic carbocycles. The van der Waals surface area contributed by atoms with Gasteiger partial charge in [-0.15, -0.1) is 0 Å². The van der Waals surface area contributed by atoms with Crippen LogP contribution < -0.4 is 10.6 Å². The van der Waals surface area contributed by atoms with Gasteiger partial charge >= 0.3 is 0 Å². The maximum Gasteiger partial charge on any atom is 0.223 e. The van der Waals surface area contributed by atoms with E-state index in [9.17, 15) is 5.11 Å². The lowest BCUT2D eigenvalue weighted by atomic mass is 10.2. The number of nitrogens with zero attached hydrogens (tertiary/aromatic N) is 4. The Balaban J connectivity index is 1.95. The first-order valence-electron chi connectivity index (χ1n) is 7.84. The van der Waals surface area contributed by atoms with E-state index in [-0.39, 0.29) is 18.2 Å². The SMILES string of the molecule is CC(C)Nc1nc(C#N)cc2cnc(NC3CC[C@H](O)C3)nc12. The lowest BCUT2D eigenvalue weighted by molar-refractivity contribution is 0.182. The summed E-state index contributed by atoms with van der Waals surface area (Å²) in [5.41, 5.74) is 1.03. The Morgan fingerprint density at radius 1 is 1.35 bits per heavy atom. The summed E-state index contributed by atoms with van der Waals surface area (Å²) in [6.45, 7) is 4.01. The summed E-state index contributed by atoms with van der Waals surface area (Å²) in [6, 6.07) is 4.11. The Bertz CT molecular complexity index is 754. The van der Waals surface area contributed by atoms with Gasteiger partial charge in [-0.2, -0.15) is 5.26 Å². The molecule has 2 aromatic heterocycles. The molecule has 1 fully saturated rings. The van der Waals surface area contributed by atoms with Crippen LogP contribution >= 0.6 is 0 Å². The molecule has 23 heavy (non-hydrogen) atoms. The predicted octanol–water partition coefficient (Wildman–Crippen LogP) is 2.04. The second-order valence-electron chi connectivity index (χ2n) is 6.21. The average Bonchev–Trinajstić information content (AvgIpc) is 2.92. The molecule has 0 spiro atoms. The number of aromatic nitrogens is 3. The van der Waals surface area contributed by atoms with Crippen molar-refractivity contribution in [1.82, 2.24) is 15.0 Å².